The molecular formula is C35H50N4O4. The molecule has 2 amide bonds. The molecule has 1 aliphatic carbocycles. The molecule has 0 bridgehead atoms. The van der Waals surface area contributed by atoms with Crippen LogP contribution in [0.5, 0.6) is 0 Å². The summed E-state index contributed by atoms with van der Waals surface area (Å²) in [5, 5.41) is 13.3. The molecule has 0 spiro atoms. The number of carboxylic acid groups (broad SMARTS) is 1. The van der Waals surface area contributed by atoms with Gasteiger partial charge in [-0.05, 0) is 107 Å². The van der Waals surface area contributed by atoms with Crippen LogP contribution in [0.2, 0.25) is 0 Å². The van der Waals surface area contributed by atoms with Crippen LogP contribution in [0.15, 0.2) is 42.7 Å². The average Bonchev–Trinajstić information content (AvgIpc) is 3.17. The fraction of sp³-hybridized carbons (Fsp3) is 0.600. The van der Waals surface area contributed by atoms with Gasteiger partial charge in [-0.25, -0.2) is 4.79 Å². The Labute approximate surface area is 257 Å². The standard InChI is InChI=1S/C35H50N4O4/c1-24(2)32(40)29-11-10-27-15-19-38(20-16-28(27)22-29)18-14-25-8-12-30(13-9-25)37-33(41)31(21-26-7-6-17-36-23-26)39(34(42)43)35(3,4)5/h6-7,10-11,17,22-25,30-31H,8-9,12-16,18-21H2,1-5H3,(H,37,41)(H,42,43)/t25?,30?,31-/m1/s1. The van der Waals surface area contributed by atoms with Crippen molar-refractivity contribution in [3.8, 4) is 0 Å². The second-order valence-corrected chi connectivity index (χ2v) is 13.8. The van der Waals surface area contributed by atoms with Crippen LogP contribution in [0, 0.1) is 11.8 Å². The van der Waals surface area contributed by atoms with E-state index in [2.05, 4.69) is 27.3 Å². The zero-order chi connectivity index (χ0) is 31.1. The summed E-state index contributed by atoms with van der Waals surface area (Å²) in [7, 11) is 0. The number of rotatable bonds is 10. The summed E-state index contributed by atoms with van der Waals surface area (Å²) in [6.45, 7) is 12.5. The van der Waals surface area contributed by atoms with E-state index in [1.165, 1.54) is 16.0 Å². The minimum Gasteiger partial charge on any atom is -0.465 e. The van der Waals surface area contributed by atoms with Crippen molar-refractivity contribution in [2.75, 3.05) is 19.6 Å². The molecule has 8 heteroatoms. The van der Waals surface area contributed by atoms with Crippen molar-refractivity contribution in [3.63, 3.8) is 0 Å². The zero-order valence-corrected chi connectivity index (χ0v) is 26.6. The van der Waals surface area contributed by atoms with E-state index in [0.717, 1.165) is 75.7 Å². The summed E-state index contributed by atoms with van der Waals surface area (Å²) >= 11 is 0. The predicted octanol–water partition coefficient (Wildman–Crippen LogP) is 5.78. The third-order valence-corrected chi connectivity index (χ3v) is 9.15. The highest BCUT2D eigenvalue weighted by molar-refractivity contribution is 5.97. The fourth-order valence-corrected chi connectivity index (χ4v) is 6.67. The van der Waals surface area contributed by atoms with Crippen LogP contribution < -0.4 is 5.32 Å². The van der Waals surface area contributed by atoms with Crippen LogP contribution in [-0.4, -0.2) is 74.9 Å². The van der Waals surface area contributed by atoms with E-state index in [1.54, 1.807) is 12.4 Å². The average molecular weight is 591 g/mol. The van der Waals surface area contributed by atoms with Crippen molar-refractivity contribution in [2.24, 2.45) is 11.8 Å². The van der Waals surface area contributed by atoms with Crippen LogP contribution in [0.3, 0.4) is 0 Å². The molecule has 1 aliphatic heterocycles. The van der Waals surface area contributed by atoms with Crippen molar-refractivity contribution in [2.45, 2.75) is 104 Å². The second kappa shape index (κ2) is 14.5. The lowest BCUT2D eigenvalue weighted by molar-refractivity contribution is -0.128. The third-order valence-electron chi connectivity index (χ3n) is 9.15. The number of hydrogen-bond acceptors (Lipinski definition) is 5. The summed E-state index contributed by atoms with van der Waals surface area (Å²) in [4.78, 5) is 46.3. The normalized spacial score (nSPS) is 20.1. The number of carbonyl (C=O) groups excluding carboxylic acids is 2. The van der Waals surface area contributed by atoms with E-state index in [-0.39, 0.29) is 30.1 Å². The Balaban J connectivity index is 1.27. The van der Waals surface area contributed by atoms with E-state index < -0.39 is 17.7 Å². The molecule has 4 rings (SSSR count). The van der Waals surface area contributed by atoms with E-state index in [4.69, 9.17) is 0 Å². The van der Waals surface area contributed by atoms with E-state index in [0.29, 0.717) is 5.92 Å². The Hall–Kier alpha value is -3.26. The summed E-state index contributed by atoms with van der Waals surface area (Å²) in [5.41, 5.74) is 3.64. The van der Waals surface area contributed by atoms with E-state index in [9.17, 15) is 19.5 Å². The first-order chi connectivity index (χ1) is 20.4. The van der Waals surface area contributed by atoms with Gasteiger partial charge in [0.25, 0.3) is 0 Å². The van der Waals surface area contributed by atoms with Crippen LogP contribution >= 0.6 is 0 Å². The minimum absolute atomic E-state index is 0.0138. The number of ketones is 1. The van der Waals surface area contributed by atoms with Gasteiger partial charge in [-0.15, -0.1) is 0 Å². The number of fused-ring (bicyclic) bond motifs is 1. The molecule has 0 unspecified atom stereocenters. The maximum Gasteiger partial charge on any atom is 0.408 e. The lowest BCUT2D eigenvalue weighted by atomic mass is 9.83. The van der Waals surface area contributed by atoms with Crippen LogP contribution in [0.4, 0.5) is 4.79 Å². The highest BCUT2D eigenvalue weighted by atomic mass is 16.4. The SMILES string of the molecule is CC(C)C(=O)c1ccc2c(c1)CCN(CCC1CCC(NC(=O)[C@@H](Cc3cccnc3)N(C(=O)O)C(C)(C)C)CC1)CC2. The smallest absolute Gasteiger partial charge is 0.408 e. The van der Waals surface area contributed by atoms with Gasteiger partial charge < -0.3 is 15.3 Å². The quantitative estimate of drug-likeness (QED) is 0.340. The van der Waals surface area contributed by atoms with Gasteiger partial charge in [0.05, 0.1) is 0 Å². The van der Waals surface area contributed by atoms with Gasteiger partial charge in [0, 0.05) is 55.0 Å². The number of aromatic nitrogens is 1. The molecule has 234 valence electrons. The minimum atomic E-state index is -1.10. The van der Waals surface area contributed by atoms with Crippen molar-refractivity contribution in [3.05, 3.63) is 65.0 Å². The van der Waals surface area contributed by atoms with Crippen LogP contribution in [-0.2, 0) is 24.1 Å². The van der Waals surface area contributed by atoms with Crippen LogP contribution in [0.1, 0.15) is 93.8 Å². The number of nitrogens with zero attached hydrogens (tertiary/aromatic N) is 3. The number of hydrogen-bond donors (Lipinski definition) is 2. The monoisotopic (exact) mass is 590 g/mol. The maximum absolute atomic E-state index is 13.6. The summed E-state index contributed by atoms with van der Waals surface area (Å²) < 4.78 is 0. The summed E-state index contributed by atoms with van der Waals surface area (Å²) in [5.74, 6) is 0.630. The third kappa shape index (κ3) is 8.88. The van der Waals surface area contributed by atoms with Gasteiger partial charge in [-0.1, -0.05) is 32.0 Å². The first kappa shape index (κ1) is 32.6. The van der Waals surface area contributed by atoms with Gasteiger partial charge in [0.2, 0.25) is 5.91 Å². The first-order valence-electron chi connectivity index (χ1n) is 16.0. The molecule has 1 aromatic heterocycles. The molecular weight excluding hydrogens is 540 g/mol. The van der Waals surface area contributed by atoms with Gasteiger partial charge in [0.15, 0.2) is 5.78 Å². The first-order valence-corrected chi connectivity index (χ1v) is 16.0. The number of benzene rings is 1. The van der Waals surface area contributed by atoms with Gasteiger partial charge in [0.1, 0.15) is 6.04 Å². The van der Waals surface area contributed by atoms with Gasteiger partial charge in [-0.3, -0.25) is 19.5 Å². The van der Waals surface area contributed by atoms with E-state index in [1.807, 2.05) is 52.8 Å². The van der Waals surface area contributed by atoms with E-state index >= 15 is 0 Å². The molecule has 2 aliphatic rings. The zero-order valence-electron chi connectivity index (χ0n) is 26.6. The molecule has 2 N–H and O–H groups in total. The van der Waals surface area contributed by atoms with Gasteiger partial charge in [-0.2, -0.15) is 0 Å². The summed E-state index contributed by atoms with van der Waals surface area (Å²) in [6.07, 6.45) is 9.67. The predicted molar refractivity (Wildman–Crippen MR) is 169 cm³/mol. The van der Waals surface area contributed by atoms with Crippen LogP contribution in [0.25, 0.3) is 0 Å². The van der Waals surface area contributed by atoms with Gasteiger partial charge >= 0.3 is 6.09 Å². The lowest BCUT2D eigenvalue weighted by Crippen LogP contribution is -2.58. The Morgan fingerprint density at radius 1 is 1.05 bits per heavy atom. The molecule has 1 fully saturated rings. The second-order valence-electron chi connectivity index (χ2n) is 13.8. The van der Waals surface area contributed by atoms with Crippen molar-refractivity contribution < 1.29 is 19.5 Å². The van der Waals surface area contributed by atoms with Crippen molar-refractivity contribution >= 4 is 17.8 Å². The number of pyridine rings is 1. The molecule has 1 aromatic carbocycles. The number of carbonyl (C=O) groups is 3. The molecule has 0 saturated heterocycles. The number of nitrogens with one attached hydrogen (secondary N) is 1. The Kier molecular flexibility index (Phi) is 11.0. The molecule has 1 atom stereocenters. The fourth-order valence-electron chi connectivity index (χ4n) is 6.67. The number of Topliss-reactive ketones (excluding diaryl/α,β-unsaturated/α-hetero) is 1. The van der Waals surface area contributed by atoms with Crippen molar-refractivity contribution in [1.82, 2.24) is 20.1 Å². The van der Waals surface area contributed by atoms with Crippen molar-refractivity contribution in [1.29, 1.82) is 0 Å². The highest BCUT2D eigenvalue weighted by Crippen LogP contribution is 2.29. The number of amides is 2. The Morgan fingerprint density at radius 2 is 1.74 bits per heavy atom. The molecule has 2 aromatic rings. The Bertz CT molecular complexity index is 1250. The topological polar surface area (TPSA) is 103 Å². The Morgan fingerprint density at radius 3 is 2.35 bits per heavy atom. The summed E-state index contributed by atoms with van der Waals surface area (Å²) in [6, 6.07) is 9.20. The molecule has 43 heavy (non-hydrogen) atoms. The maximum atomic E-state index is 13.6. The highest BCUT2D eigenvalue weighted by Gasteiger charge is 2.38. The molecule has 1 saturated carbocycles. The molecule has 2 heterocycles. The largest absolute Gasteiger partial charge is 0.465 e. The molecule has 8 nitrogen and oxygen atoms in total. The molecule has 0 radical (unpaired) electrons. The lowest BCUT2D eigenvalue weighted by Gasteiger charge is -2.40.